The summed E-state index contributed by atoms with van der Waals surface area (Å²) in [4.78, 5) is 26.4. The van der Waals surface area contributed by atoms with Gasteiger partial charge in [0.1, 0.15) is 11.6 Å². The molecular formula is C24H27N3O3. The van der Waals surface area contributed by atoms with Gasteiger partial charge in [-0.2, -0.15) is 5.26 Å². The zero-order valence-electron chi connectivity index (χ0n) is 17.8. The molecule has 0 aliphatic rings. The summed E-state index contributed by atoms with van der Waals surface area (Å²) in [6, 6.07) is 17.0. The third kappa shape index (κ3) is 6.49. The van der Waals surface area contributed by atoms with Gasteiger partial charge in [-0.3, -0.25) is 4.79 Å². The van der Waals surface area contributed by atoms with Crippen LogP contribution < -0.4 is 10.2 Å². The van der Waals surface area contributed by atoms with E-state index < -0.39 is 18.5 Å². The van der Waals surface area contributed by atoms with Crippen LogP contribution in [0, 0.1) is 18.3 Å². The van der Waals surface area contributed by atoms with Crippen molar-refractivity contribution in [1.29, 1.82) is 5.26 Å². The third-order valence-corrected chi connectivity index (χ3v) is 4.62. The smallest absolute Gasteiger partial charge is 0.349 e. The van der Waals surface area contributed by atoms with E-state index in [0.29, 0.717) is 12.0 Å². The van der Waals surface area contributed by atoms with Crippen molar-refractivity contribution >= 4 is 23.6 Å². The Labute approximate surface area is 177 Å². The Morgan fingerprint density at radius 3 is 2.30 bits per heavy atom. The van der Waals surface area contributed by atoms with E-state index in [2.05, 4.69) is 5.32 Å². The van der Waals surface area contributed by atoms with E-state index in [1.54, 1.807) is 12.1 Å². The van der Waals surface area contributed by atoms with Gasteiger partial charge in [0, 0.05) is 19.8 Å². The molecule has 2 aromatic rings. The first-order valence-electron chi connectivity index (χ1n) is 9.76. The molecule has 0 fully saturated rings. The summed E-state index contributed by atoms with van der Waals surface area (Å²) in [6.45, 7) is 3.52. The topological polar surface area (TPSA) is 82.4 Å². The Bertz CT molecular complexity index is 939. The SMILES string of the molecule is CC[C@@H](NC(=O)COC(=O)/C(C#N)=C/c1ccc(N(C)C)cc1)c1ccc(C)cc1. The second kappa shape index (κ2) is 10.8. The molecule has 2 rings (SSSR count). The van der Waals surface area contributed by atoms with Crippen LogP contribution in [-0.4, -0.2) is 32.6 Å². The fraction of sp³-hybridized carbons (Fsp3) is 0.292. The van der Waals surface area contributed by atoms with Crippen molar-refractivity contribution in [2.75, 3.05) is 25.6 Å². The van der Waals surface area contributed by atoms with Crippen molar-refractivity contribution < 1.29 is 14.3 Å². The fourth-order valence-corrected chi connectivity index (χ4v) is 2.84. The second-order valence-corrected chi connectivity index (χ2v) is 7.17. The lowest BCUT2D eigenvalue weighted by atomic mass is 10.0. The molecule has 0 unspecified atom stereocenters. The highest BCUT2D eigenvalue weighted by Gasteiger charge is 2.16. The molecule has 156 valence electrons. The van der Waals surface area contributed by atoms with Crippen LogP contribution in [0.4, 0.5) is 5.69 Å². The Hall–Kier alpha value is -3.59. The number of amides is 1. The van der Waals surface area contributed by atoms with Crippen LogP contribution in [0.3, 0.4) is 0 Å². The predicted molar refractivity (Wildman–Crippen MR) is 118 cm³/mol. The first-order valence-corrected chi connectivity index (χ1v) is 9.76. The molecule has 0 saturated carbocycles. The summed E-state index contributed by atoms with van der Waals surface area (Å²) < 4.78 is 5.04. The van der Waals surface area contributed by atoms with Crippen LogP contribution in [0.15, 0.2) is 54.1 Å². The molecule has 0 bridgehead atoms. The van der Waals surface area contributed by atoms with Crippen LogP contribution in [0.25, 0.3) is 6.08 Å². The molecule has 30 heavy (non-hydrogen) atoms. The van der Waals surface area contributed by atoms with Gasteiger partial charge < -0.3 is 15.0 Å². The maximum atomic E-state index is 12.2. The van der Waals surface area contributed by atoms with E-state index >= 15 is 0 Å². The lowest BCUT2D eigenvalue weighted by Crippen LogP contribution is -2.32. The van der Waals surface area contributed by atoms with E-state index in [1.165, 1.54) is 6.08 Å². The molecule has 1 N–H and O–H groups in total. The van der Waals surface area contributed by atoms with Gasteiger partial charge in [-0.15, -0.1) is 0 Å². The Morgan fingerprint density at radius 1 is 1.13 bits per heavy atom. The van der Waals surface area contributed by atoms with Gasteiger partial charge in [0.05, 0.1) is 6.04 Å². The Morgan fingerprint density at radius 2 is 1.77 bits per heavy atom. The first kappa shape index (κ1) is 22.7. The molecule has 1 atom stereocenters. The van der Waals surface area contributed by atoms with Crippen molar-refractivity contribution in [3.05, 3.63) is 70.8 Å². The number of nitriles is 1. The fourth-order valence-electron chi connectivity index (χ4n) is 2.84. The first-order chi connectivity index (χ1) is 14.3. The minimum atomic E-state index is -0.826. The van der Waals surface area contributed by atoms with Crippen molar-refractivity contribution in [3.8, 4) is 6.07 Å². The summed E-state index contributed by atoms with van der Waals surface area (Å²) in [5.74, 6) is -1.24. The quantitative estimate of drug-likeness (QED) is 0.411. The second-order valence-electron chi connectivity index (χ2n) is 7.17. The monoisotopic (exact) mass is 405 g/mol. The highest BCUT2D eigenvalue weighted by Crippen LogP contribution is 2.17. The highest BCUT2D eigenvalue weighted by atomic mass is 16.5. The molecule has 0 aliphatic heterocycles. The van der Waals surface area contributed by atoms with Crippen molar-refractivity contribution in [3.63, 3.8) is 0 Å². The summed E-state index contributed by atoms with van der Waals surface area (Å²) in [5.41, 5.74) is 3.67. The number of rotatable bonds is 8. The van der Waals surface area contributed by atoms with Crippen molar-refractivity contribution in [2.24, 2.45) is 0 Å². The molecule has 0 heterocycles. The average Bonchev–Trinajstić information content (AvgIpc) is 2.75. The van der Waals surface area contributed by atoms with Gasteiger partial charge in [-0.05, 0) is 42.7 Å². The molecule has 0 radical (unpaired) electrons. The molecule has 2 aromatic carbocycles. The number of carbonyl (C=O) groups is 2. The van der Waals surface area contributed by atoms with E-state index in [4.69, 9.17) is 4.74 Å². The molecule has 6 heteroatoms. The number of hydrogen-bond donors (Lipinski definition) is 1. The zero-order chi connectivity index (χ0) is 22.1. The number of esters is 1. The average molecular weight is 405 g/mol. The number of ether oxygens (including phenoxy) is 1. The molecule has 1 amide bonds. The minimum Gasteiger partial charge on any atom is -0.451 e. The summed E-state index contributed by atoms with van der Waals surface area (Å²) >= 11 is 0. The van der Waals surface area contributed by atoms with E-state index in [1.807, 2.05) is 75.3 Å². The van der Waals surface area contributed by atoms with E-state index in [0.717, 1.165) is 16.8 Å². The number of nitrogens with one attached hydrogen (secondary N) is 1. The molecule has 0 aromatic heterocycles. The number of carbonyl (C=O) groups excluding carboxylic acids is 2. The van der Waals surface area contributed by atoms with Gasteiger partial charge in [0.25, 0.3) is 5.91 Å². The van der Waals surface area contributed by atoms with Gasteiger partial charge >= 0.3 is 5.97 Å². The number of nitrogens with zero attached hydrogens (tertiary/aromatic N) is 2. The van der Waals surface area contributed by atoms with Gasteiger partial charge in [-0.25, -0.2) is 4.79 Å². The number of benzene rings is 2. The lowest BCUT2D eigenvalue weighted by molar-refractivity contribution is -0.144. The number of anilines is 1. The molecule has 6 nitrogen and oxygen atoms in total. The minimum absolute atomic E-state index is 0.161. The van der Waals surface area contributed by atoms with Crippen LogP contribution >= 0.6 is 0 Å². The zero-order valence-corrected chi connectivity index (χ0v) is 17.8. The van der Waals surface area contributed by atoms with E-state index in [9.17, 15) is 14.9 Å². The van der Waals surface area contributed by atoms with Crippen LogP contribution in [0.1, 0.15) is 36.1 Å². The third-order valence-electron chi connectivity index (χ3n) is 4.62. The maximum absolute atomic E-state index is 12.2. The van der Waals surface area contributed by atoms with Crippen LogP contribution in [-0.2, 0) is 14.3 Å². The van der Waals surface area contributed by atoms with Crippen molar-refractivity contribution in [2.45, 2.75) is 26.3 Å². The summed E-state index contributed by atoms with van der Waals surface area (Å²) in [7, 11) is 3.85. The van der Waals surface area contributed by atoms with Gasteiger partial charge in [0.2, 0.25) is 0 Å². The van der Waals surface area contributed by atoms with Crippen LogP contribution in [0.2, 0.25) is 0 Å². The maximum Gasteiger partial charge on any atom is 0.349 e. The molecule has 0 aliphatic carbocycles. The van der Waals surface area contributed by atoms with Crippen molar-refractivity contribution in [1.82, 2.24) is 5.32 Å². The normalized spacial score (nSPS) is 11.9. The summed E-state index contributed by atoms with van der Waals surface area (Å²) in [5, 5.41) is 12.2. The van der Waals surface area contributed by atoms with Crippen LogP contribution in [0.5, 0.6) is 0 Å². The van der Waals surface area contributed by atoms with Gasteiger partial charge in [0.15, 0.2) is 6.61 Å². The van der Waals surface area contributed by atoms with E-state index in [-0.39, 0.29) is 11.6 Å². The lowest BCUT2D eigenvalue weighted by Gasteiger charge is -2.17. The molecular weight excluding hydrogens is 378 g/mol. The number of aryl methyl sites for hydroxylation is 1. The Kier molecular flexibility index (Phi) is 8.18. The number of hydrogen-bond acceptors (Lipinski definition) is 5. The molecule has 0 spiro atoms. The largest absolute Gasteiger partial charge is 0.451 e. The predicted octanol–water partition coefficient (Wildman–Crippen LogP) is 3.78. The highest BCUT2D eigenvalue weighted by molar-refractivity contribution is 5.98. The Balaban J connectivity index is 1.95. The summed E-state index contributed by atoms with van der Waals surface area (Å²) in [6.07, 6.45) is 2.15. The van der Waals surface area contributed by atoms with Gasteiger partial charge in [-0.1, -0.05) is 48.9 Å². The molecule has 0 saturated heterocycles. The standard InChI is InChI=1S/C24H27N3O3/c1-5-22(19-10-6-17(2)7-11-19)26-23(28)16-30-24(29)20(15-25)14-18-8-12-21(13-9-18)27(3)4/h6-14,22H,5,16H2,1-4H3,(H,26,28)/b20-14+/t22-/m1/s1.